The third kappa shape index (κ3) is 65.3. The summed E-state index contributed by atoms with van der Waals surface area (Å²) in [5.41, 5.74) is 0. The first-order valence-electron chi connectivity index (χ1n) is 32.9. The van der Waals surface area contributed by atoms with Gasteiger partial charge >= 0.3 is 19.8 Å². The van der Waals surface area contributed by atoms with Gasteiger partial charge in [-0.25, -0.2) is 4.57 Å². The molecule has 1 N–H and O–H groups in total. The predicted molar refractivity (Wildman–Crippen MR) is 353 cm³/mol. The van der Waals surface area contributed by atoms with Crippen molar-refractivity contribution in [3.63, 3.8) is 0 Å². The molecule has 0 amide bonds. The number of esters is 2. The van der Waals surface area contributed by atoms with Gasteiger partial charge in [0.25, 0.3) is 0 Å². The lowest BCUT2D eigenvalue weighted by Crippen LogP contribution is -2.37. The molecule has 468 valence electrons. The zero-order chi connectivity index (χ0) is 59.8. The van der Waals surface area contributed by atoms with Gasteiger partial charge < -0.3 is 18.9 Å². The van der Waals surface area contributed by atoms with Crippen molar-refractivity contribution in [2.24, 2.45) is 0 Å². The Labute approximate surface area is 504 Å². The number of nitrogens with zero attached hydrogens (tertiary/aromatic N) is 1. The molecule has 2 unspecified atom stereocenters. The zero-order valence-corrected chi connectivity index (χ0v) is 54.1. The molecule has 0 bridgehead atoms. The molecule has 0 spiro atoms. The molecule has 0 aromatic heterocycles. The van der Waals surface area contributed by atoms with E-state index in [1.807, 2.05) is 21.1 Å². The van der Waals surface area contributed by atoms with Crippen LogP contribution in [0.4, 0.5) is 0 Å². The molecule has 2 atom stereocenters. The lowest BCUT2D eigenvalue weighted by atomic mass is 10.1. The normalized spacial score (nSPS) is 14.1. The average Bonchev–Trinajstić information content (AvgIpc) is 3.46. The highest BCUT2D eigenvalue weighted by molar-refractivity contribution is 7.47. The number of phosphoric acid groups is 1. The molecule has 0 aliphatic rings. The van der Waals surface area contributed by atoms with E-state index in [0.717, 1.165) is 109 Å². The van der Waals surface area contributed by atoms with Crippen molar-refractivity contribution in [1.29, 1.82) is 0 Å². The number of phosphoric ester groups is 1. The fraction of sp³-hybridized carbons (Fsp3) is 0.667. The second-order valence-electron chi connectivity index (χ2n) is 22.8. The SMILES string of the molecule is CC/C=C\C/C=C\C/C=C\C/C=C\C/C=C\C/C=C\C/C=C\C/C=C\C/C=C\C/C=C\CCCCCCCCCCC(=O)OC(COC(=O)CCCCCCCCCCC/C=C\CCCCCCCC)COP(=O)(O)OCC[N+](C)(C)C. The number of carbonyl (C=O) groups is 2. The number of rotatable bonds is 59. The van der Waals surface area contributed by atoms with Crippen molar-refractivity contribution in [3.8, 4) is 0 Å². The van der Waals surface area contributed by atoms with Crippen LogP contribution in [0.5, 0.6) is 0 Å². The summed E-state index contributed by atoms with van der Waals surface area (Å²) in [7, 11) is 1.46. The molecular weight excluding hydrogens is 1040 g/mol. The maximum atomic E-state index is 12.9. The summed E-state index contributed by atoms with van der Waals surface area (Å²) in [5.74, 6) is -0.812. The van der Waals surface area contributed by atoms with Gasteiger partial charge in [0.15, 0.2) is 6.10 Å². The minimum atomic E-state index is -4.40. The van der Waals surface area contributed by atoms with Crippen LogP contribution in [-0.4, -0.2) is 74.9 Å². The fourth-order valence-electron chi connectivity index (χ4n) is 8.63. The van der Waals surface area contributed by atoms with Crippen molar-refractivity contribution in [2.75, 3.05) is 47.5 Å². The van der Waals surface area contributed by atoms with Crippen LogP contribution in [0.2, 0.25) is 0 Å². The Hall–Kier alpha value is -3.85. The Balaban J connectivity index is 4.13. The number of unbranched alkanes of at least 4 members (excludes halogenated alkanes) is 23. The molecule has 10 heteroatoms. The maximum Gasteiger partial charge on any atom is 0.472 e. The molecular formula is C72H123NO8P+. The number of carbonyl (C=O) groups excluding carboxylic acids is 2. The molecule has 0 saturated heterocycles. The highest BCUT2D eigenvalue weighted by atomic mass is 31.2. The van der Waals surface area contributed by atoms with Gasteiger partial charge in [-0.1, -0.05) is 263 Å². The first-order valence-corrected chi connectivity index (χ1v) is 34.4. The Morgan fingerprint density at radius 3 is 1.05 bits per heavy atom. The van der Waals surface area contributed by atoms with E-state index in [1.165, 1.54) is 116 Å². The second kappa shape index (κ2) is 61.7. The van der Waals surface area contributed by atoms with Gasteiger partial charge in [-0.2, -0.15) is 0 Å². The summed E-state index contributed by atoms with van der Waals surface area (Å²) >= 11 is 0. The van der Waals surface area contributed by atoms with Gasteiger partial charge in [0, 0.05) is 12.8 Å². The topological polar surface area (TPSA) is 108 Å². The van der Waals surface area contributed by atoms with Crippen LogP contribution in [0.15, 0.2) is 134 Å². The Bertz CT molecular complexity index is 1850. The van der Waals surface area contributed by atoms with Gasteiger partial charge in [0.1, 0.15) is 19.8 Å². The molecule has 0 aromatic rings. The molecule has 0 radical (unpaired) electrons. The largest absolute Gasteiger partial charge is 0.472 e. The maximum absolute atomic E-state index is 12.9. The average molecular weight is 1160 g/mol. The molecule has 0 rings (SSSR count). The third-order valence-corrected chi connectivity index (χ3v) is 14.6. The highest BCUT2D eigenvalue weighted by Gasteiger charge is 2.27. The Kier molecular flexibility index (Phi) is 58.8. The molecule has 0 saturated carbocycles. The number of quaternary nitrogens is 1. The first kappa shape index (κ1) is 78.1. The van der Waals surface area contributed by atoms with Crippen molar-refractivity contribution in [3.05, 3.63) is 134 Å². The molecule has 0 aliphatic heterocycles. The summed E-state index contributed by atoms with van der Waals surface area (Å²) in [6.45, 7) is 4.30. The number of hydrogen-bond acceptors (Lipinski definition) is 7. The Morgan fingerprint density at radius 2 is 0.695 bits per heavy atom. The molecule has 0 aliphatic carbocycles. The Morgan fingerprint density at radius 1 is 0.390 bits per heavy atom. The third-order valence-electron chi connectivity index (χ3n) is 13.7. The lowest BCUT2D eigenvalue weighted by Gasteiger charge is -2.24. The summed E-state index contributed by atoms with van der Waals surface area (Å²) in [5, 5.41) is 0. The number of likely N-dealkylation sites (N-methyl/N-ethyl adjacent to an activating group) is 1. The van der Waals surface area contributed by atoms with E-state index in [1.54, 1.807) is 0 Å². The first-order chi connectivity index (χ1) is 40.0. The van der Waals surface area contributed by atoms with Gasteiger partial charge in [-0.05, 0) is 116 Å². The predicted octanol–water partition coefficient (Wildman–Crippen LogP) is 21.3. The standard InChI is InChI=1S/C72H122NO8P/c1-6-8-10-12-14-16-18-20-22-24-26-27-28-29-30-31-32-33-34-35-36-37-38-39-40-41-42-43-44-45-47-49-51-53-55-57-59-61-63-65-72(75)81-70(69-80-82(76,77)79-67-66-73(3,4)5)68-78-71(74)64-62-60-58-56-54-52-50-48-46-25-23-21-19-17-15-13-11-9-7-2/h8,10,14,16,20-23,26-27,29-30,32-33,35-36,38-39,41-42,44-45,70H,6-7,9,11-13,15,17-19,24-25,28,31,34,37,40,43,46-69H2,1-5H3/p+1/b10-8-,16-14-,22-20-,23-21-,27-26-,30-29-,33-32-,36-35-,39-38-,42-41-,45-44-. The minimum Gasteiger partial charge on any atom is -0.462 e. The molecule has 9 nitrogen and oxygen atoms in total. The van der Waals surface area contributed by atoms with E-state index in [9.17, 15) is 19.0 Å². The number of hydrogen-bond donors (Lipinski definition) is 1. The van der Waals surface area contributed by atoms with E-state index in [-0.39, 0.29) is 32.0 Å². The van der Waals surface area contributed by atoms with Crippen molar-refractivity contribution < 1.29 is 42.1 Å². The van der Waals surface area contributed by atoms with Crippen LogP contribution in [0.1, 0.15) is 258 Å². The van der Waals surface area contributed by atoms with Gasteiger partial charge in [-0.3, -0.25) is 18.6 Å². The summed E-state index contributed by atoms with van der Waals surface area (Å²) < 4.78 is 34.6. The monoisotopic (exact) mass is 1160 g/mol. The van der Waals surface area contributed by atoms with E-state index in [0.29, 0.717) is 17.4 Å². The molecule has 0 aromatic carbocycles. The molecule has 0 fully saturated rings. The van der Waals surface area contributed by atoms with Crippen molar-refractivity contribution >= 4 is 19.8 Å². The lowest BCUT2D eigenvalue weighted by molar-refractivity contribution is -0.870. The van der Waals surface area contributed by atoms with Crippen LogP contribution in [0.3, 0.4) is 0 Å². The van der Waals surface area contributed by atoms with Crippen LogP contribution in [-0.2, 0) is 32.7 Å². The summed E-state index contributed by atoms with van der Waals surface area (Å²) in [6.07, 6.45) is 89.6. The van der Waals surface area contributed by atoms with Gasteiger partial charge in [0.05, 0.1) is 27.7 Å². The van der Waals surface area contributed by atoms with Crippen LogP contribution in [0, 0.1) is 0 Å². The van der Waals surface area contributed by atoms with E-state index in [2.05, 4.69) is 148 Å². The van der Waals surface area contributed by atoms with Crippen molar-refractivity contribution in [1.82, 2.24) is 0 Å². The van der Waals surface area contributed by atoms with Crippen molar-refractivity contribution in [2.45, 2.75) is 264 Å². The second-order valence-corrected chi connectivity index (χ2v) is 24.2. The quantitative estimate of drug-likeness (QED) is 0.0211. The summed E-state index contributed by atoms with van der Waals surface area (Å²) in [6, 6.07) is 0. The fourth-order valence-corrected chi connectivity index (χ4v) is 9.37. The van der Waals surface area contributed by atoms with Gasteiger partial charge in [0.2, 0.25) is 0 Å². The number of ether oxygens (including phenoxy) is 2. The van der Waals surface area contributed by atoms with Crippen LogP contribution < -0.4 is 0 Å². The van der Waals surface area contributed by atoms with Gasteiger partial charge in [-0.15, -0.1) is 0 Å². The molecule has 0 heterocycles. The van der Waals surface area contributed by atoms with E-state index < -0.39 is 26.5 Å². The smallest absolute Gasteiger partial charge is 0.462 e. The number of allylic oxidation sites excluding steroid dienone is 22. The van der Waals surface area contributed by atoms with Crippen LogP contribution >= 0.6 is 7.82 Å². The van der Waals surface area contributed by atoms with E-state index in [4.69, 9.17) is 18.5 Å². The highest BCUT2D eigenvalue weighted by Crippen LogP contribution is 2.43. The minimum absolute atomic E-state index is 0.0239. The summed E-state index contributed by atoms with van der Waals surface area (Å²) in [4.78, 5) is 35.8. The van der Waals surface area contributed by atoms with E-state index >= 15 is 0 Å². The molecule has 82 heavy (non-hydrogen) atoms. The van der Waals surface area contributed by atoms with Crippen LogP contribution in [0.25, 0.3) is 0 Å². The zero-order valence-electron chi connectivity index (χ0n) is 53.2.